The summed E-state index contributed by atoms with van der Waals surface area (Å²) < 4.78 is 16.9. The van der Waals surface area contributed by atoms with E-state index in [1.807, 2.05) is 25.1 Å². The maximum atomic E-state index is 5.84. The van der Waals surface area contributed by atoms with Crippen molar-refractivity contribution >= 4 is 17.3 Å². The molecule has 24 heavy (non-hydrogen) atoms. The van der Waals surface area contributed by atoms with Gasteiger partial charge in [0.05, 0.1) is 19.4 Å². The van der Waals surface area contributed by atoms with Gasteiger partial charge in [-0.05, 0) is 50.3 Å². The van der Waals surface area contributed by atoms with E-state index in [0.717, 1.165) is 29.2 Å². The molecule has 2 heterocycles. The number of nitrogens with one attached hydrogen (secondary N) is 2. The first-order valence-electron chi connectivity index (χ1n) is 8.15. The SMILES string of the molecule is CCOc1cc2c(cc1CNC(=S)NCc1ccco1)O[C@@H](C)C2. The summed E-state index contributed by atoms with van der Waals surface area (Å²) in [4.78, 5) is 0. The van der Waals surface area contributed by atoms with Gasteiger partial charge >= 0.3 is 0 Å². The van der Waals surface area contributed by atoms with Gasteiger partial charge in [0.2, 0.25) is 0 Å². The van der Waals surface area contributed by atoms with Crippen molar-refractivity contribution in [2.75, 3.05) is 6.61 Å². The lowest BCUT2D eigenvalue weighted by atomic mass is 10.1. The van der Waals surface area contributed by atoms with Crippen LogP contribution in [0.2, 0.25) is 0 Å². The molecule has 2 aromatic rings. The summed E-state index contributed by atoms with van der Waals surface area (Å²) in [7, 11) is 0. The van der Waals surface area contributed by atoms with Crippen LogP contribution in [0.3, 0.4) is 0 Å². The Bertz CT molecular complexity index is 701. The van der Waals surface area contributed by atoms with Crippen LogP contribution in [0.15, 0.2) is 34.9 Å². The monoisotopic (exact) mass is 346 g/mol. The summed E-state index contributed by atoms with van der Waals surface area (Å²) in [5.41, 5.74) is 2.24. The van der Waals surface area contributed by atoms with Crippen molar-refractivity contribution in [3.8, 4) is 11.5 Å². The van der Waals surface area contributed by atoms with Gasteiger partial charge in [-0.2, -0.15) is 0 Å². The van der Waals surface area contributed by atoms with Crippen molar-refractivity contribution in [2.45, 2.75) is 39.5 Å². The van der Waals surface area contributed by atoms with Crippen LogP contribution in [-0.2, 0) is 19.5 Å². The Morgan fingerprint density at radius 2 is 2.17 bits per heavy atom. The number of fused-ring (bicyclic) bond motifs is 1. The number of ether oxygens (including phenoxy) is 2. The Balaban J connectivity index is 1.61. The van der Waals surface area contributed by atoms with E-state index in [4.69, 9.17) is 26.1 Å². The highest BCUT2D eigenvalue weighted by atomic mass is 32.1. The highest BCUT2D eigenvalue weighted by Crippen LogP contribution is 2.35. The van der Waals surface area contributed by atoms with Crippen LogP contribution in [0.5, 0.6) is 11.5 Å². The average Bonchev–Trinajstić information content (AvgIpc) is 3.19. The zero-order chi connectivity index (χ0) is 16.9. The van der Waals surface area contributed by atoms with Crippen molar-refractivity contribution in [2.24, 2.45) is 0 Å². The molecule has 0 unspecified atom stereocenters. The lowest BCUT2D eigenvalue weighted by Gasteiger charge is -2.14. The Kier molecular flexibility index (Phi) is 5.25. The normalized spacial score (nSPS) is 15.5. The molecule has 0 aliphatic carbocycles. The predicted molar refractivity (Wildman–Crippen MR) is 96.4 cm³/mol. The number of benzene rings is 1. The quantitative estimate of drug-likeness (QED) is 0.784. The molecule has 6 heteroatoms. The van der Waals surface area contributed by atoms with Gasteiger partial charge < -0.3 is 24.5 Å². The Labute approximate surface area is 147 Å². The van der Waals surface area contributed by atoms with Gasteiger partial charge in [0.1, 0.15) is 23.4 Å². The molecule has 0 spiro atoms. The minimum Gasteiger partial charge on any atom is -0.494 e. The lowest BCUT2D eigenvalue weighted by molar-refractivity contribution is 0.254. The molecular weight excluding hydrogens is 324 g/mol. The molecule has 3 rings (SSSR count). The van der Waals surface area contributed by atoms with Gasteiger partial charge in [-0.25, -0.2) is 0 Å². The van der Waals surface area contributed by atoms with E-state index in [2.05, 4.69) is 23.6 Å². The summed E-state index contributed by atoms with van der Waals surface area (Å²) in [5, 5.41) is 6.90. The van der Waals surface area contributed by atoms with Crippen LogP contribution < -0.4 is 20.1 Å². The smallest absolute Gasteiger partial charge is 0.166 e. The van der Waals surface area contributed by atoms with Crippen LogP contribution in [0.25, 0.3) is 0 Å². The summed E-state index contributed by atoms with van der Waals surface area (Å²) in [6.07, 6.45) is 2.79. The van der Waals surface area contributed by atoms with Gasteiger partial charge in [-0.15, -0.1) is 0 Å². The average molecular weight is 346 g/mol. The third-order valence-corrected chi connectivity index (χ3v) is 4.11. The highest BCUT2D eigenvalue weighted by molar-refractivity contribution is 7.80. The van der Waals surface area contributed by atoms with Crippen molar-refractivity contribution in [1.82, 2.24) is 10.6 Å². The summed E-state index contributed by atoms with van der Waals surface area (Å²) in [5.74, 6) is 2.67. The predicted octanol–water partition coefficient (Wildman–Crippen LogP) is 3.17. The number of hydrogen-bond acceptors (Lipinski definition) is 4. The van der Waals surface area contributed by atoms with Crippen molar-refractivity contribution in [3.63, 3.8) is 0 Å². The molecule has 0 fully saturated rings. The topological polar surface area (TPSA) is 55.7 Å². The summed E-state index contributed by atoms with van der Waals surface area (Å²) in [6.45, 7) is 5.82. The molecule has 0 saturated heterocycles. The summed E-state index contributed by atoms with van der Waals surface area (Å²) in [6, 6.07) is 7.89. The van der Waals surface area contributed by atoms with E-state index in [0.29, 0.717) is 24.8 Å². The minimum absolute atomic E-state index is 0.216. The molecular formula is C18H22N2O3S. The van der Waals surface area contributed by atoms with Crippen LogP contribution in [0.1, 0.15) is 30.7 Å². The number of rotatable bonds is 6. The van der Waals surface area contributed by atoms with Crippen molar-refractivity contribution < 1.29 is 13.9 Å². The largest absolute Gasteiger partial charge is 0.494 e. The molecule has 1 aromatic carbocycles. The molecule has 1 aromatic heterocycles. The van der Waals surface area contributed by atoms with Gasteiger partial charge in [0.25, 0.3) is 0 Å². The van der Waals surface area contributed by atoms with Crippen molar-refractivity contribution in [1.29, 1.82) is 0 Å². The second-order valence-corrected chi connectivity index (χ2v) is 6.16. The molecule has 128 valence electrons. The Morgan fingerprint density at radius 1 is 1.33 bits per heavy atom. The van der Waals surface area contributed by atoms with E-state index in [1.165, 1.54) is 5.56 Å². The van der Waals surface area contributed by atoms with E-state index in [9.17, 15) is 0 Å². The van der Waals surface area contributed by atoms with E-state index in [-0.39, 0.29) is 6.10 Å². The molecule has 0 saturated carbocycles. The maximum Gasteiger partial charge on any atom is 0.166 e. The van der Waals surface area contributed by atoms with Gasteiger partial charge in [0.15, 0.2) is 5.11 Å². The number of furan rings is 1. The molecule has 1 aliphatic rings. The second-order valence-electron chi connectivity index (χ2n) is 5.75. The Hall–Kier alpha value is -2.21. The van der Waals surface area contributed by atoms with Gasteiger partial charge in [-0.3, -0.25) is 0 Å². The zero-order valence-electron chi connectivity index (χ0n) is 13.9. The first-order chi connectivity index (χ1) is 11.7. The molecule has 0 amide bonds. The Morgan fingerprint density at radius 3 is 2.92 bits per heavy atom. The van der Waals surface area contributed by atoms with Gasteiger partial charge in [-0.1, -0.05) is 0 Å². The third kappa shape index (κ3) is 4.00. The second kappa shape index (κ2) is 7.57. The number of thiocarbonyl (C=S) groups is 1. The molecule has 5 nitrogen and oxygen atoms in total. The number of hydrogen-bond donors (Lipinski definition) is 2. The fourth-order valence-electron chi connectivity index (χ4n) is 2.73. The first-order valence-corrected chi connectivity index (χ1v) is 8.56. The fraction of sp³-hybridized carbons (Fsp3) is 0.389. The highest BCUT2D eigenvalue weighted by Gasteiger charge is 2.21. The lowest BCUT2D eigenvalue weighted by Crippen LogP contribution is -2.34. The summed E-state index contributed by atoms with van der Waals surface area (Å²) >= 11 is 5.32. The van der Waals surface area contributed by atoms with E-state index < -0.39 is 0 Å². The first kappa shape index (κ1) is 16.6. The van der Waals surface area contributed by atoms with E-state index >= 15 is 0 Å². The van der Waals surface area contributed by atoms with Crippen LogP contribution in [-0.4, -0.2) is 17.8 Å². The van der Waals surface area contributed by atoms with Crippen molar-refractivity contribution in [3.05, 3.63) is 47.4 Å². The maximum absolute atomic E-state index is 5.84. The standard InChI is InChI=1S/C18H22N2O3S/c1-3-21-16-8-13-7-12(2)23-17(13)9-14(16)10-19-18(24)20-11-15-5-4-6-22-15/h4-6,8-9,12H,3,7,10-11H2,1-2H3,(H2,19,20,24)/t12-/m0/s1. The van der Waals surface area contributed by atoms with Crippen LogP contribution >= 0.6 is 12.2 Å². The third-order valence-electron chi connectivity index (χ3n) is 3.82. The molecule has 1 atom stereocenters. The molecule has 0 bridgehead atoms. The van der Waals surface area contributed by atoms with Crippen LogP contribution in [0.4, 0.5) is 0 Å². The zero-order valence-corrected chi connectivity index (χ0v) is 14.7. The fourth-order valence-corrected chi connectivity index (χ4v) is 2.87. The molecule has 1 aliphatic heterocycles. The minimum atomic E-state index is 0.216. The van der Waals surface area contributed by atoms with E-state index in [1.54, 1.807) is 6.26 Å². The molecule has 0 radical (unpaired) electrons. The van der Waals surface area contributed by atoms with Gasteiger partial charge in [0, 0.05) is 24.1 Å². The van der Waals surface area contributed by atoms with Crippen LogP contribution in [0, 0.1) is 0 Å². The molecule has 2 N–H and O–H groups in total.